The smallest absolute Gasteiger partial charge is 0.192 e. The summed E-state index contributed by atoms with van der Waals surface area (Å²) >= 11 is 0. The molecule has 0 aliphatic heterocycles. The molecule has 1 N–H and O–H groups in total. The molecule has 4 nitrogen and oxygen atoms in total. The average Bonchev–Trinajstić information content (AvgIpc) is 2.84. The Morgan fingerprint density at radius 1 is 1.43 bits per heavy atom. The van der Waals surface area contributed by atoms with E-state index in [-0.39, 0.29) is 5.41 Å². The number of hydrogen-bond acceptors (Lipinski definition) is 4. The normalized spacial score (nSPS) is 28.6. The van der Waals surface area contributed by atoms with Crippen molar-refractivity contribution < 1.29 is 9.15 Å². The molecule has 4 heteroatoms. The quantitative estimate of drug-likeness (QED) is 0.898. The van der Waals surface area contributed by atoms with Gasteiger partial charge in [0.05, 0.1) is 6.10 Å². The number of aryl methyl sites for hydroxylation is 1. The van der Waals surface area contributed by atoms with Crippen LogP contribution in [0.1, 0.15) is 39.5 Å². The van der Waals surface area contributed by atoms with Crippen molar-refractivity contribution in [2.45, 2.75) is 52.7 Å². The summed E-state index contributed by atoms with van der Waals surface area (Å²) in [5, 5.41) is 3.65. The van der Waals surface area contributed by atoms with Crippen molar-refractivity contribution >= 4 is 16.8 Å². The van der Waals surface area contributed by atoms with Gasteiger partial charge in [0.15, 0.2) is 11.5 Å². The molecule has 1 aliphatic rings. The van der Waals surface area contributed by atoms with Crippen molar-refractivity contribution in [2.24, 2.45) is 5.41 Å². The van der Waals surface area contributed by atoms with E-state index in [1.54, 1.807) is 0 Å². The minimum absolute atomic E-state index is 0.199. The standard InChI is InChI=1S/C17H24N2O2/c1-5-17(4)15(10-16(17)20-6-2)19-12-7-8-14-13(9-12)18-11(3)21-14/h7-9,15-16,19H,5-6,10H2,1-4H3. The number of rotatable bonds is 5. The molecule has 0 radical (unpaired) electrons. The van der Waals surface area contributed by atoms with Crippen LogP contribution in [0, 0.1) is 12.3 Å². The maximum Gasteiger partial charge on any atom is 0.192 e. The molecular formula is C17H24N2O2. The first kappa shape index (κ1) is 14.4. The van der Waals surface area contributed by atoms with Crippen molar-refractivity contribution in [3.8, 4) is 0 Å². The molecule has 3 rings (SSSR count). The van der Waals surface area contributed by atoms with E-state index in [1.165, 1.54) is 0 Å². The Labute approximate surface area is 125 Å². The Hall–Kier alpha value is -1.55. The first-order valence-electron chi connectivity index (χ1n) is 7.82. The lowest BCUT2D eigenvalue weighted by Crippen LogP contribution is -2.59. The summed E-state index contributed by atoms with van der Waals surface area (Å²) in [5.74, 6) is 0.709. The van der Waals surface area contributed by atoms with Gasteiger partial charge in [-0.15, -0.1) is 0 Å². The van der Waals surface area contributed by atoms with Gasteiger partial charge >= 0.3 is 0 Å². The maximum atomic E-state index is 5.86. The van der Waals surface area contributed by atoms with Gasteiger partial charge in [0, 0.05) is 30.7 Å². The number of hydrogen-bond donors (Lipinski definition) is 1. The second kappa shape index (κ2) is 5.34. The van der Waals surface area contributed by atoms with Gasteiger partial charge in [-0.25, -0.2) is 4.98 Å². The highest BCUT2D eigenvalue weighted by molar-refractivity contribution is 5.77. The maximum absolute atomic E-state index is 5.86. The van der Waals surface area contributed by atoms with Gasteiger partial charge < -0.3 is 14.5 Å². The highest BCUT2D eigenvalue weighted by Crippen LogP contribution is 2.47. The molecule has 1 aliphatic carbocycles. The van der Waals surface area contributed by atoms with Crippen molar-refractivity contribution in [2.75, 3.05) is 11.9 Å². The summed E-state index contributed by atoms with van der Waals surface area (Å²) in [7, 11) is 0. The molecule has 1 saturated carbocycles. The molecule has 21 heavy (non-hydrogen) atoms. The Kier molecular flexibility index (Phi) is 3.66. The molecule has 3 atom stereocenters. The van der Waals surface area contributed by atoms with Crippen LogP contribution in [0.15, 0.2) is 22.6 Å². The zero-order chi connectivity index (χ0) is 15.0. The van der Waals surface area contributed by atoms with Crippen LogP contribution < -0.4 is 5.32 Å². The van der Waals surface area contributed by atoms with Crippen LogP contribution in [0.3, 0.4) is 0 Å². The fourth-order valence-corrected chi connectivity index (χ4v) is 3.31. The minimum atomic E-state index is 0.199. The topological polar surface area (TPSA) is 47.3 Å². The average molecular weight is 288 g/mol. The summed E-state index contributed by atoms with van der Waals surface area (Å²) in [6.07, 6.45) is 2.54. The third kappa shape index (κ3) is 2.42. The van der Waals surface area contributed by atoms with E-state index in [0.717, 1.165) is 36.2 Å². The molecule has 2 aromatic rings. The largest absolute Gasteiger partial charge is 0.441 e. The zero-order valence-electron chi connectivity index (χ0n) is 13.3. The summed E-state index contributed by atoms with van der Waals surface area (Å²) < 4.78 is 11.4. The van der Waals surface area contributed by atoms with E-state index in [2.05, 4.69) is 43.2 Å². The van der Waals surface area contributed by atoms with Gasteiger partial charge in [0.25, 0.3) is 0 Å². The number of aromatic nitrogens is 1. The molecule has 114 valence electrons. The van der Waals surface area contributed by atoms with Crippen LogP contribution in [0.4, 0.5) is 5.69 Å². The predicted molar refractivity (Wildman–Crippen MR) is 84.6 cm³/mol. The van der Waals surface area contributed by atoms with Crippen molar-refractivity contribution in [1.29, 1.82) is 0 Å². The SMILES string of the molecule is CCOC1CC(Nc2ccc3oc(C)nc3c2)C1(C)CC. The summed E-state index contributed by atoms with van der Waals surface area (Å²) in [5.41, 5.74) is 3.06. The molecule has 1 fully saturated rings. The predicted octanol–water partition coefficient (Wildman–Crippen LogP) is 4.14. The number of oxazole rings is 1. The van der Waals surface area contributed by atoms with Crippen molar-refractivity contribution in [3.05, 3.63) is 24.1 Å². The third-order valence-electron chi connectivity index (χ3n) is 4.95. The fraction of sp³-hybridized carbons (Fsp3) is 0.588. The van der Waals surface area contributed by atoms with Crippen molar-refractivity contribution in [1.82, 2.24) is 4.98 Å². The second-order valence-corrected chi connectivity index (χ2v) is 6.15. The molecule has 1 aromatic heterocycles. The lowest BCUT2D eigenvalue weighted by Gasteiger charge is -2.53. The van der Waals surface area contributed by atoms with E-state index in [9.17, 15) is 0 Å². The molecule has 3 unspecified atom stereocenters. The van der Waals surface area contributed by atoms with E-state index < -0.39 is 0 Å². The minimum Gasteiger partial charge on any atom is -0.441 e. The number of benzene rings is 1. The summed E-state index contributed by atoms with van der Waals surface area (Å²) in [6, 6.07) is 6.57. The number of fused-ring (bicyclic) bond motifs is 1. The van der Waals surface area contributed by atoms with Crippen LogP contribution in [0.5, 0.6) is 0 Å². The first-order chi connectivity index (χ1) is 10.1. The van der Waals surface area contributed by atoms with Gasteiger partial charge in [-0.05, 0) is 38.0 Å². The van der Waals surface area contributed by atoms with Crippen LogP contribution in [-0.2, 0) is 4.74 Å². The van der Waals surface area contributed by atoms with Gasteiger partial charge in [-0.3, -0.25) is 0 Å². The van der Waals surface area contributed by atoms with Crippen molar-refractivity contribution in [3.63, 3.8) is 0 Å². The number of anilines is 1. The van der Waals surface area contributed by atoms with E-state index in [0.29, 0.717) is 18.0 Å². The number of ether oxygens (including phenoxy) is 1. The molecule has 0 bridgehead atoms. The molecule has 0 saturated heterocycles. The Balaban J connectivity index is 1.76. The lowest BCUT2D eigenvalue weighted by atomic mass is 9.61. The van der Waals surface area contributed by atoms with Crippen LogP contribution >= 0.6 is 0 Å². The highest BCUT2D eigenvalue weighted by Gasteiger charge is 2.51. The zero-order valence-corrected chi connectivity index (χ0v) is 13.3. The molecule has 0 amide bonds. The lowest BCUT2D eigenvalue weighted by molar-refractivity contribution is -0.109. The van der Waals surface area contributed by atoms with Gasteiger partial charge in [0.1, 0.15) is 5.52 Å². The van der Waals surface area contributed by atoms with Crippen LogP contribution in [0.2, 0.25) is 0 Å². The summed E-state index contributed by atoms with van der Waals surface area (Å²) in [4.78, 5) is 4.39. The third-order valence-corrected chi connectivity index (χ3v) is 4.95. The van der Waals surface area contributed by atoms with Crippen LogP contribution in [0.25, 0.3) is 11.1 Å². The second-order valence-electron chi connectivity index (χ2n) is 6.15. The van der Waals surface area contributed by atoms with Gasteiger partial charge in [-0.2, -0.15) is 0 Å². The molecule has 0 spiro atoms. The van der Waals surface area contributed by atoms with E-state index >= 15 is 0 Å². The Morgan fingerprint density at radius 2 is 2.24 bits per heavy atom. The Bertz CT molecular complexity index is 637. The number of nitrogens with one attached hydrogen (secondary N) is 1. The number of nitrogens with zero attached hydrogens (tertiary/aromatic N) is 1. The summed E-state index contributed by atoms with van der Waals surface area (Å²) in [6.45, 7) is 9.28. The first-order valence-corrected chi connectivity index (χ1v) is 7.82. The van der Waals surface area contributed by atoms with Gasteiger partial charge in [0.2, 0.25) is 0 Å². The Morgan fingerprint density at radius 3 is 2.95 bits per heavy atom. The van der Waals surface area contributed by atoms with Gasteiger partial charge in [-0.1, -0.05) is 13.8 Å². The monoisotopic (exact) mass is 288 g/mol. The van der Waals surface area contributed by atoms with E-state index in [1.807, 2.05) is 13.0 Å². The fourth-order valence-electron chi connectivity index (χ4n) is 3.31. The molecule has 1 heterocycles. The highest BCUT2D eigenvalue weighted by atomic mass is 16.5. The molecular weight excluding hydrogens is 264 g/mol. The van der Waals surface area contributed by atoms with E-state index in [4.69, 9.17) is 9.15 Å². The van der Waals surface area contributed by atoms with Crippen LogP contribution in [-0.4, -0.2) is 23.7 Å². The molecule has 1 aromatic carbocycles.